The molecule has 2 heterocycles. The highest BCUT2D eigenvalue weighted by molar-refractivity contribution is 6.34. The number of carbonyl (C=O) groups excluding carboxylic acids is 2. The molecule has 0 radical (unpaired) electrons. The SMILES string of the molecule is O=C1C(=O)N(N2CCCCC2)CCN1O. The van der Waals surface area contributed by atoms with Crippen LogP contribution in [0.1, 0.15) is 19.3 Å². The summed E-state index contributed by atoms with van der Waals surface area (Å²) in [5.74, 6) is -1.45. The predicted octanol–water partition coefficient (Wildman–Crippen LogP) is -0.553. The van der Waals surface area contributed by atoms with Gasteiger partial charge in [-0.25, -0.2) is 10.1 Å². The molecule has 0 atom stereocenters. The van der Waals surface area contributed by atoms with Gasteiger partial charge in [0.2, 0.25) is 0 Å². The van der Waals surface area contributed by atoms with Gasteiger partial charge in [0.15, 0.2) is 0 Å². The fourth-order valence-corrected chi connectivity index (χ4v) is 2.00. The van der Waals surface area contributed by atoms with Gasteiger partial charge in [0.25, 0.3) is 0 Å². The maximum absolute atomic E-state index is 11.6. The molecule has 6 heteroatoms. The van der Waals surface area contributed by atoms with E-state index in [0.29, 0.717) is 11.6 Å². The number of carbonyl (C=O) groups is 2. The number of hydroxylamine groups is 2. The van der Waals surface area contributed by atoms with Gasteiger partial charge in [0.05, 0.1) is 13.1 Å². The van der Waals surface area contributed by atoms with Crippen LogP contribution in [0.4, 0.5) is 0 Å². The van der Waals surface area contributed by atoms with Crippen LogP contribution in [0.2, 0.25) is 0 Å². The van der Waals surface area contributed by atoms with Crippen LogP contribution in [-0.2, 0) is 9.59 Å². The summed E-state index contributed by atoms with van der Waals surface area (Å²) in [6, 6.07) is 0. The van der Waals surface area contributed by atoms with Crippen molar-refractivity contribution in [2.75, 3.05) is 26.2 Å². The van der Waals surface area contributed by atoms with Crippen molar-refractivity contribution in [3.05, 3.63) is 0 Å². The number of rotatable bonds is 1. The van der Waals surface area contributed by atoms with Crippen LogP contribution in [0.15, 0.2) is 0 Å². The van der Waals surface area contributed by atoms with Gasteiger partial charge in [-0.2, -0.15) is 0 Å². The maximum Gasteiger partial charge on any atom is 0.336 e. The Labute approximate surface area is 88.0 Å². The molecule has 2 saturated heterocycles. The fourth-order valence-electron chi connectivity index (χ4n) is 2.00. The first-order valence-electron chi connectivity index (χ1n) is 5.27. The molecule has 84 valence electrons. The summed E-state index contributed by atoms with van der Waals surface area (Å²) < 4.78 is 0. The third-order valence-electron chi connectivity index (χ3n) is 2.85. The quantitative estimate of drug-likeness (QED) is 0.469. The Morgan fingerprint density at radius 2 is 1.53 bits per heavy atom. The van der Waals surface area contributed by atoms with E-state index in [1.54, 1.807) is 0 Å². The molecule has 0 aliphatic carbocycles. The zero-order valence-corrected chi connectivity index (χ0v) is 8.56. The molecule has 2 amide bonds. The van der Waals surface area contributed by atoms with Gasteiger partial charge in [0.1, 0.15) is 0 Å². The van der Waals surface area contributed by atoms with Crippen LogP contribution in [0, 0.1) is 0 Å². The van der Waals surface area contributed by atoms with Crippen molar-refractivity contribution in [2.45, 2.75) is 19.3 Å². The smallest absolute Gasteiger partial charge is 0.285 e. The lowest BCUT2D eigenvalue weighted by atomic mass is 10.1. The molecule has 0 aromatic carbocycles. The highest BCUT2D eigenvalue weighted by Crippen LogP contribution is 2.14. The fraction of sp³-hybridized carbons (Fsp3) is 0.778. The lowest BCUT2D eigenvalue weighted by Crippen LogP contribution is -2.59. The molecule has 15 heavy (non-hydrogen) atoms. The molecular weight excluding hydrogens is 198 g/mol. The minimum absolute atomic E-state index is 0.196. The van der Waals surface area contributed by atoms with Crippen molar-refractivity contribution in [1.29, 1.82) is 0 Å². The first-order valence-corrected chi connectivity index (χ1v) is 5.27. The molecular formula is C9H15N3O3. The molecule has 0 spiro atoms. The summed E-state index contributed by atoms with van der Waals surface area (Å²) in [5, 5.41) is 13.0. The Morgan fingerprint density at radius 3 is 2.20 bits per heavy atom. The molecule has 0 bridgehead atoms. The standard InChI is InChI=1S/C9H15N3O3/c13-8-9(14)12(15)7-6-11(8)10-4-2-1-3-5-10/h15H,1-7H2. The number of amides is 2. The summed E-state index contributed by atoms with van der Waals surface area (Å²) in [5.41, 5.74) is 0. The number of hydrogen-bond donors (Lipinski definition) is 1. The predicted molar refractivity (Wildman–Crippen MR) is 50.6 cm³/mol. The van der Waals surface area contributed by atoms with E-state index in [1.165, 1.54) is 11.4 Å². The third-order valence-corrected chi connectivity index (χ3v) is 2.85. The first-order chi connectivity index (χ1) is 7.20. The molecule has 2 aliphatic rings. The largest absolute Gasteiger partial charge is 0.336 e. The average molecular weight is 213 g/mol. The van der Waals surface area contributed by atoms with Crippen LogP contribution >= 0.6 is 0 Å². The van der Waals surface area contributed by atoms with Crippen molar-refractivity contribution in [3.8, 4) is 0 Å². The minimum Gasteiger partial charge on any atom is -0.285 e. The number of nitrogens with zero attached hydrogens (tertiary/aromatic N) is 3. The van der Waals surface area contributed by atoms with E-state index in [-0.39, 0.29) is 6.54 Å². The Kier molecular flexibility index (Phi) is 2.88. The van der Waals surface area contributed by atoms with Crippen molar-refractivity contribution >= 4 is 11.8 Å². The minimum atomic E-state index is -0.827. The Balaban J connectivity index is 2.02. The van der Waals surface area contributed by atoms with Gasteiger partial charge in [-0.05, 0) is 12.8 Å². The van der Waals surface area contributed by atoms with Crippen molar-refractivity contribution in [3.63, 3.8) is 0 Å². The second-order valence-electron chi connectivity index (χ2n) is 3.87. The van der Waals surface area contributed by atoms with E-state index in [1.807, 2.05) is 5.01 Å². The molecule has 1 N–H and O–H groups in total. The van der Waals surface area contributed by atoms with Gasteiger partial charge < -0.3 is 0 Å². The zero-order valence-electron chi connectivity index (χ0n) is 8.56. The highest BCUT2D eigenvalue weighted by Gasteiger charge is 2.35. The topological polar surface area (TPSA) is 64.1 Å². The maximum atomic E-state index is 11.6. The number of piperidine rings is 1. The summed E-state index contributed by atoms with van der Waals surface area (Å²) in [4.78, 5) is 22.8. The van der Waals surface area contributed by atoms with Gasteiger partial charge in [-0.1, -0.05) is 6.42 Å². The molecule has 2 fully saturated rings. The summed E-state index contributed by atoms with van der Waals surface area (Å²) >= 11 is 0. The third kappa shape index (κ3) is 1.95. The second kappa shape index (κ2) is 4.16. The van der Waals surface area contributed by atoms with Gasteiger partial charge in [-0.15, -0.1) is 0 Å². The molecule has 0 saturated carbocycles. The van der Waals surface area contributed by atoms with Crippen LogP contribution in [0.25, 0.3) is 0 Å². The van der Waals surface area contributed by atoms with Crippen molar-refractivity contribution < 1.29 is 14.8 Å². The van der Waals surface area contributed by atoms with E-state index in [2.05, 4.69) is 0 Å². The summed E-state index contributed by atoms with van der Waals surface area (Å²) in [7, 11) is 0. The number of hydrazine groups is 1. The Hall–Kier alpha value is -1.14. The van der Waals surface area contributed by atoms with E-state index in [4.69, 9.17) is 5.21 Å². The molecule has 2 rings (SSSR count). The Morgan fingerprint density at radius 1 is 0.867 bits per heavy atom. The zero-order chi connectivity index (χ0) is 10.8. The molecule has 0 aromatic rings. The normalized spacial score (nSPS) is 24.9. The van der Waals surface area contributed by atoms with E-state index in [9.17, 15) is 9.59 Å². The summed E-state index contributed by atoms with van der Waals surface area (Å²) in [6.07, 6.45) is 3.29. The van der Waals surface area contributed by atoms with Crippen molar-refractivity contribution in [2.24, 2.45) is 0 Å². The monoisotopic (exact) mass is 213 g/mol. The molecule has 2 aliphatic heterocycles. The van der Waals surface area contributed by atoms with Gasteiger partial charge >= 0.3 is 11.8 Å². The lowest BCUT2D eigenvalue weighted by Gasteiger charge is -2.40. The van der Waals surface area contributed by atoms with Crippen LogP contribution in [0.3, 0.4) is 0 Å². The highest BCUT2D eigenvalue weighted by atomic mass is 16.5. The molecule has 0 unspecified atom stereocenters. The van der Waals surface area contributed by atoms with Crippen LogP contribution < -0.4 is 0 Å². The van der Waals surface area contributed by atoms with Crippen molar-refractivity contribution in [1.82, 2.24) is 15.1 Å². The first kappa shape index (κ1) is 10.4. The second-order valence-corrected chi connectivity index (χ2v) is 3.87. The van der Waals surface area contributed by atoms with E-state index < -0.39 is 11.8 Å². The number of hydrogen-bond acceptors (Lipinski definition) is 4. The van der Waals surface area contributed by atoms with E-state index in [0.717, 1.165) is 25.9 Å². The number of piperazine rings is 1. The lowest BCUT2D eigenvalue weighted by molar-refractivity contribution is -0.195. The van der Waals surface area contributed by atoms with Crippen LogP contribution in [0.5, 0.6) is 0 Å². The Bertz CT molecular complexity index is 276. The summed E-state index contributed by atoms with van der Waals surface area (Å²) in [6.45, 7) is 2.23. The molecule has 6 nitrogen and oxygen atoms in total. The van der Waals surface area contributed by atoms with Gasteiger partial charge in [0, 0.05) is 13.1 Å². The average Bonchev–Trinajstić information content (AvgIpc) is 2.27. The van der Waals surface area contributed by atoms with Crippen LogP contribution in [-0.4, -0.2) is 58.3 Å². The van der Waals surface area contributed by atoms with Gasteiger partial charge in [-0.3, -0.25) is 19.8 Å². The van der Waals surface area contributed by atoms with E-state index >= 15 is 0 Å². The molecule has 0 aromatic heterocycles.